The first-order valence-electron chi connectivity index (χ1n) is 8.37. The Morgan fingerprint density at radius 1 is 1.00 bits per heavy atom. The molecule has 28 heavy (non-hydrogen) atoms. The molecule has 0 atom stereocenters. The summed E-state index contributed by atoms with van der Waals surface area (Å²) < 4.78 is 51.9. The summed E-state index contributed by atoms with van der Waals surface area (Å²) in [5.74, 6) is 0. The lowest BCUT2D eigenvalue weighted by Crippen LogP contribution is -2.08. The Bertz CT molecular complexity index is 877. The first kappa shape index (κ1) is 21.4. The number of hydrogen-bond acceptors (Lipinski definition) is 4. The molecule has 2 aromatic carbocycles. The topological polar surface area (TPSA) is 43.2 Å². The third-order valence-electron chi connectivity index (χ3n) is 4.05. The van der Waals surface area contributed by atoms with Crippen LogP contribution in [-0.2, 0) is 29.1 Å². The van der Waals surface area contributed by atoms with Crippen molar-refractivity contribution in [1.29, 1.82) is 0 Å². The number of benzene rings is 2. The zero-order chi connectivity index (χ0) is 20.7. The molecule has 150 valence electrons. The van der Waals surface area contributed by atoms with Gasteiger partial charge in [0.2, 0.25) is 0 Å². The Balaban J connectivity index is 2.24. The molecular weight excluding hydrogens is 376 g/mol. The van der Waals surface area contributed by atoms with Crippen LogP contribution in [0.3, 0.4) is 0 Å². The Labute approximate surface area is 160 Å². The minimum Gasteiger partial charge on any atom is -0.399 e. The Hall–Kier alpha value is -2.90. The van der Waals surface area contributed by atoms with Crippen LogP contribution in [0.25, 0.3) is 0 Å². The van der Waals surface area contributed by atoms with E-state index < -0.39 is 18.4 Å². The molecule has 4 nitrogen and oxygen atoms in total. The van der Waals surface area contributed by atoms with Crippen molar-refractivity contribution in [3.63, 3.8) is 0 Å². The van der Waals surface area contributed by atoms with Crippen LogP contribution in [0.4, 0.5) is 17.6 Å². The molecule has 0 radical (unpaired) electrons. The third-order valence-corrected chi connectivity index (χ3v) is 4.05. The predicted molar refractivity (Wildman–Crippen MR) is 98.9 cm³/mol. The van der Waals surface area contributed by atoms with E-state index in [0.29, 0.717) is 22.4 Å². The van der Waals surface area contributed by atoms with Gasteiger partial charge in [-0.1, -0.05) is 40.6 Å². The largest absolute Gasteiger partial charge is 0.416 e. The van der Waals surface area contributed by atoms with Crippen LogP contribution >= 0.6 is 0 Å². The summed E-state index contributed by atoms with van der Waals surface area (Å²) in [5.41, 5.74) is 1.92. The van der Waals surface area contributed by atoms with E-state index in [-0.39, 0.29) is 17.9 Å². The van der Waals surface area contributed by atoms with Gasteiger partial charge in [0, 0.05) is 11.1 Å². The van der Waals surface area contributed by atoms with E-state index in [4.69, 9.17) is 9.68 Å². The molecule has 0 fully saturated rings. The highest BCUT2D eigenvalue weighted by Gasteiger charge is 2.30. The van der Waals surface area contributed by atoms with E-state index in [2.05, 4.69) is 10.3 Å². The van der Waals surface area contributed by atoms with Gasteiger partial charge in [0.05, 0.1) is 17.0 Å². The number of hydrogen-bond donors (Lipinski definition) is 0. The highest BCUT2D eigenvalue weighted by Crippen LogP contribution is 2.29. The summed E-state index contributed by atoms with van der Waals surface area (Å²) in [7, 11) is 1.40. The summed E-state index contributed by atoms with van der Waals surface area (Å²) >= 11 is 0. The molecule has 0 aromatic heterocycles. The molecule has 0 aliphatic rings. The Kier molecular flexibility index (Phi) is 7.14. The first-order valence-corrected chi connectivity index (χ1v) is 8.37. The Morgan fingerprint density at radius 2 is 1.71 bits per heavy atom. The SMILES string of the molecule is CO/N=C(/C)c1cccc(CF)c1CO/N=C(\C)c1cccc(C(F)(F)F)c1. The molecular formula is C20H20F4N2O2. The second-order valence-electron chi connectivity index (χ2n) is 5.96. The van der Waals surface area contributed by atoms with Gasteiger partial charge in [-0.2, -0.15) is 13.2 Å². The molecule has 2 aromatic rings. The van der Waals surface area contributed by atoms with Gasteiger partial charge in [0.15, 0.2) is 0 Å². The maximum Gasteiger partial charge on any atom is 0.416 e. The average Bonchev–Trinajstić information content (AvgIpc) is 2.67. The molecule has 0 aliphatic heterocycles. The molecule has 0 unspecified atom stereocenters. The fourth-order valence-electron chi connectivity index (χ4n) is 2.62. The number of alkyl halides is 4. The fraction of sp³-hybridized carbons (Fsp3) is 0.300. The second kappa shape index (κ2) is 9.34. The van der Waals surface area contributed by atoms with Crippen LogP contribution in [0.2, 0.25) is 0 Å². The molecule has 0 heterocycles. The lowest BCUT2D eigenvalue weighted by Gasteiger charge is -2.12. The van der Waals surface area contributed by atoms with Gasteiger partial charge in [-0.25, -0.2) is 4.39 Å². The maximum absolute atomic E-state index is 13.4. The zero-order valence-corrected chi connectivity index (χ0v) is 15.7. The minimum absolute atomic E-state index is 0.0672. The standard InChI is InChI=1S/C20H20F4N2O2/c1-13(15-6-4-8-17(10-15)20(22,23)24)26-28-12-19-16(11-21)7-5-9-18(19)14(2)25-27-3/h4-10H,11-12H2,1-3H3/b25-14-,26-13+. The summed E-state index contributed by atoms with van der Waals surface area (Å²) in [4.78, 5) is 10.1. The zero-order valence-electron chi connectivity index (χ0n) is 15.7. The van der Waals surface area contributed by atoms with E-state index in [1.54, 1.807) is 25.1 Å². The van der Waals surface area contributed by atoms with Crippen molar-refractivity contribution in [3.05, 3.63) is 70.3 Å². The van der Waals surface area contributed by atoms with E-state index in [1.807, 2.05) is 0 Å². The van der Waals surface area contributed by atoms with Crippen LogP contribution < -0.4 is 0 Å². The molecule has 0 amide bonds. The molecule has 0 bridgehead atoms. The van der Waals surface area contributed by atoms with Crippen molar-refractivity contribution in [2.45, 2.75) is 33.3 Å². The van der Waals surface area contributed by atoms with E-state index in [1.165, 1.54) is 26.2 Å². The van der Waals surface area contributed by atoms with Crippen molar-refractivity contribution in [3.8, 4) is 0 Å². The van der Waals surface area contributed by atoms with Crippen LogP contribution in [0.5, 0.6) is 0 Å². The number of oxime groups is 2. The van der Waals surface area contributed by atoms with Crippen LogP contribution in [0.15, 0.2) is 52.8 Å². The van der Waals surface area contributed by atoms with Crippen molar-refractivity contribution in [1.82, 2.24) is 0 Å². The molecule has 0 saturated heterocycles. The number of rotatable bonds is 7. The van der Waals surface area contributed by atoms with Crippen molar-refractivity contribution in [2.75, 3.05) is 7.11 Å². The van der Waals surface area contributed by atoms with Gasteiger partial charge in [-0.3, -0.25) is 0 Å². The van der Waals surface area contributed by atoms with Gasteiger partial charge in [0.25, 0.3) is 0 Å². The average molecular weight is 396 g/mol. The predicted octanol–water partition coefficient (Wildman–Crippen LogP) is 5.49. The monoisotopic (exact) mass is 396 g/mol. The van der Waals surface area contributed by atoms with E-state index in [0.717, 1.165) is 12.1 Å². The minimum atomic E-state index is -4.44. The second-order valence-corrected chi connectivity index (χ2v) is 5.96. The van der Waals surface area contributed by atoms with Gasteiger partial charge >= 0.3 is 6.18 Å². The van der Waals surface area contributed by atoms with Gasteiger partial charge < -0.3 is 9.68 Å². The summed E-state index contributed by atoms with van der Waals surface area (Å²) in [6.45, 7) is 2.47. The van der Waals surface area contributed by atoms with Crippen LogP contribution in [-0.4, -0.2) is 18.5 Å². The molecule has 0 N–H and O–H groups in total. The molecule has 2 rings (SSSR count). The van der Waals surface area contributed by atoms with E-state index >= 15 is 0 Å². The fourth-order valence-corrected chi connectivity index (χ4v) is 2.62. The quantitative estimate of drug-likeness (QED) is 0.353. The highest BCUT2D eigenvalue weighted by molar-refractivity contribution is 6.00. The van der Waals surface area contributed by atoms with Crippen LogP contribution in [0.1, 0.15) is 41.7 Å². The van der Waals surface area contributed by atoms with Crippen molar-refractivity contribution < 1.29 is 27.2 Å². The third kappa shape index (κ3) is 5.31. The summed E-state index contributed by atoms with van der Waals surface area (Å²) in [5, 5.41) is 7.74. The lowest BCUT2D eigenvalue weighted by molar-refractivity contribution is -0.137. The van der Waals surface area contributed by atoms with Gasteiger partial charge in [-0.15, -0.1) is 0 Å². The normalized spacial score (nSPS) is 12.8. The molecule has 0 aliphatic carbocycles. The summed E-state index contributed by atoms with van der Waals surface area (Å²) in [6, 6.07) is 9.86. The number of nitrogens with zero attached hydrogens (tertiary/aromatic N) is 2. The van der Waals surface area contributed by atoms with Gasteiger partial charge in [0.1, 0.15) is 20.4 Å². The van der Waals surface area contributed by atoms with Crippen LogP contribution in [0, 0.1) is 0 Å². The molecule has 0 saturated carbocycles. The van der Waals surface area contributed by atoms with Gasteiger partial charge in [-0.05, 0) is 37.1 Å². The molecule has 0 spiro atoms. The highest BCUT2D eigenvalue weighted by atomic mass is 19.4. The summed E-state index contributed by atoms with van der Waals surface area (Å²) in [6.07, 6.45) is -4.44. The lowest BCUT2D eigenvalue weighted by atomic mass is 9.99. The molecule has 8 heteroatoms. The van der Waals surface area contributed by atoms with E-state index in [9.17, 15) is 17.6 Å². The number of halogens is 4. The van der Waals surface area contributed by atoms with Crippen molar-refractivity contribution in [2.24, 2.45) is 10.3 Å². The first-order chi connectivity index (χ1) is 13.3. The Morgan fingerprint density at radius 3 is 2.36 bits per heavy atom. The maximum atomic E-state index is 13.4. The van der Waals surface area contributed by atoms with Crippen molar-refractivity contribution >= 4 is 11.4 Å². The smallest absolute Gasteiger partial charge is 0.399 e.